The molecular formula is C50H56Cl3FeN4O3. The Morgan fingerprint density at radius 3 is 1.46 bits per heavy atom. The molecule has 0 fully saturated rings. The molecule has 0 unspecified atom stereocenters. The van der Waals surface area contributed by atoms with Gasteiger partial charge in [-0.3, -0.25) is 9.36 Å². The predicted octanol–water partition coefficient (Wildman–Crippen LogP) is 15.8. The number of nitrogen functional groups attached to an aromatic ring is 1. The van der Waals surface area contributed by atoms with Gasteiger partial charge in [-0.1, -0.05) is 177 Å². The third kappa shape index (κ3) is 14.6. The first kappa shape index (κ1) is 50.4. The zero-order chi connectivity index (χ0) is 45.1. The van der Waals surface area contributed by atoms with Crippen molar-refractivity contribution in [3.63, 3.8) is 0 Å². The summed E-state index contributed by atoms with van der Waals surface area (Å²) in [7, 11) is 14.7. The van der Waals surface area contributed by atoms with Crippen molar-refractivity contribution in [2.75, 3.05) is 11.1 Å². The molecule has 11 heteroatoms. The summed E-state index contributed by atoms with van der Waals surface area (Å²) in [5.74, 6) is 2.82. The van der Waals surface area contributed by atoms with Crippen LogP contribution < -0.4 is 11.1 Å². The van der Waals surface area contributed by atoms with Crippen molar-refractivity contribution >= 4 is 64.7 Å². The number of para-hydroxylation sites is 6. The monoisotopic (exact) mass is 921 g/mol. The molecule has 0 amide bonds. The molecule has 0 saturated heterocycles. The van der Waals surface area contributed by atoms with Crippen molar-refractivity contribution in [3.8, 4) is 17.1 Å². The van der Waals surface area contributed by atoms with E-state index >= 15 is 0 Å². The van der Waals surface area contributed by atoms with Crippen LogP contribution in [0.25, 0.3) is 28.1 Å². The number of fused-ring (bicyclic) bond motifs is 1. The molecule has 0 bridgehead atoms. The molecule has 7 aromatic rings. The Morgan fingerprint density at radius 1 is 0.574 bits per heavy atom. The Hall–Kier alpha value is -4.95. The summed E-state index contributed by atoms with van der Waals surface area (Å²) in [5.41, 5.74) is 19.8. The summed E-state index contributed by atoms with van der Waals surface area (Å²) in [5, 5.41) is 3.55. The number of hydrogen-bond donors (Lipinski definition) is 2. The van der Waals surface area contributed by atoms with Crippen LogP contribution in [0, 0.1) is 9.93 Å². The molecule has 0 atom stereocenters. The Kier molecular flexibility index (Phi) is 21.3. The average Bonchev–Trinajstić information content (AvgIpc) is 3.65. The average molecular weight is 923 g/mol. The van der Waals surface area contributed by atoms with Crippen molar-refractivity contribution in [1.82, 2.24) is 9.55 Å². The van der Waals surface area contributed by atoms with Crippen LogP contribution in [0.1, 0.15) is 112 Å². The predicted molar refractivity (Wildman–Crippen MR) is 260 cm³/mol. The van der Waals surface area contributed by atoms with E-state index in [0.717, 1.165) is 45.6 Å². The van der Waals surface area contributed by atoms with Crippen LogP contribution in [-0.4, -0.2) is 15.8 Å². The number of imidazole rings is 1. The first-order chi connectivity index (χ1) is 29.2. The van der Waals surface area contributed by atoms with Gasteiger partial charge in [0, 0.05) is 26.7 Å². The van der Waals surface area contributed by atoms with Crippen molar-refractivity contribution < 1.29 is 16.0 Å². The van der Waals surface area contributed by atoms with Gasteiger partial charge in [0.25, 0.3) is 0 Å². The van der Waals surface area contributed by atoms with Crippen LogP contribution in [0.2, 0.25) is 0 Å². The summed E-state index contributed by atoms with van der Waals surface area (Å²) in [6.45, 7) is 18.0. The quantitative estimate of drug-likeness (QED) is 0.0848. The van der Waals surface area contributed by atoms with E-state index < -0.39 is 11.2 Å². The van der Waals surface area contributed by atoms with Gasteiger partial charge in [-0.25, -0.2) is 4.98 Å². The van der Waals surface area contributed by atoms with Crippen LogP contribution in [-0.2, 0) is 11.2 Å². The van der Waals surface area contributed by atoms with Gasteiger partial charge in [0.1, 0.15) is 12.1 Å². The van der Waals surface area contributed by atoms with Gasteiger partial charge < -0.3 is 11.1 Å². The van der Waals surface area contributed by atoms with Crippen LogP contribution >= 0.6 is 30.3 Å². The fraction of sp³-hybridized carbons (Fsp3) is 0.240. The second-order valence-electron chi connectivity index (χ2n) is 15.2. The van der Waals surface area contributed by atoms with Crippen LogP contribution in [0.4, 0.5) is 17.1 Å². The number of benzene rings is 6. The molecule has 0 saturated carbocycles. The second-order valence-corrected chi connectivity index (χ2v) is 20.7. The standard InChI is InChI=1S/C25H26N2.C18H24N2.C7H6O.3ClH.Fe.O2/c1-17(2)20-13-10-14-21(18(3)4)24(20)27-23-16-9-8-15-22(23)26-25(27)19-11-6-5-7-12-19;1-12(2)14-8-7-9-15(13(3)4)18(14)20-17-11-6-5-10-16(17)19;8-6-7-4-2-1-3-5-7;;;;;1-2/h5-18H,1-4H3;5-13,20H,19H2,1-4H3;1-6H;3*1H;;/q;;;;;;+3;/p-3. The molecule has 1 aromatic heterocycles. The Labute approximate surface area is 378 Å². The number of halogens is 3. The van der Waals surface area contributed by atoms with E-state index in [0.29, 0.717) is 23.7 Å². The van der Waals surface area contributed by atoms with Gasteiger partial charge in [0.2, 0.25) is 0 Å². The Bertz CT molecular complexity index is 2330. The number of nitrogens with one attached hydrogen (secondary N) is 1. The van der Waals surface area contributed by atoms with Crippen LogP contribution in [0.3, 0.4) is 0 Å². The number of aldehydes is 1. The first-order valence-corrected chi connectivity index (χ1v) is 24.5. The number of nitrogens with two attached hydrogens (primary N) is 1. The van der Waals surface area contributed by atoms with E-state index in [-0.39, 0.29) is 0 Å². The third-order valence-electron chi connectivity index (χ3n) is 9.69. The van der Waals surface area contributed by atoms with E-state index in [2.05, 4.69) is 156 Å². The van der Waals surface area contributed by atoms with Gasteiger partial charge in [-0.05, 0) is 70.2 Å². The molecule has 61 heavy (non-hydrogen) atoms. The molecule has 0 radical (unpaired) electrons. The van der Waals surface area contributed by atoms with Crippen molar-refractivity contribution in [2.24, 2.45) is 0 Å². The molecule has 1 heterocycles. The van der Waals surface area contributed by atoms with Crippen LogP contribution in [0.15, 0.2) is 146 Å². The van der Waals surface area contributed by atoms with Gasteiger partial charge in [-0.2, -0.15) is 0 Å². The molecule has 7 nitrogen and oxygen atoms in total. The van der Waals surface area contributed by atoms with Crippen molar-refractivity contribution in [2.45, 2.75) is 79.1 Å². The summed E-state index contributed by atoms with van der Waals surface area (Å²) in [6, 6.07) is 49.2. The van der Waals surface area contributed by atoms with E-state index in [1.165, 1.54) is 33.6 Å². The summed E-state index contributed by atoms with van der Waals surface area (Å²) >= 11 is -1.33. The fourth-order valence-electron chi connectivity index (χ4n) is 6.78. The minimum absolute atomic E-state index is 0.434. The molecule has 7 rings (SSSR count). The zero-order valence-electron chi connectivity index (χ0n) is 35.9. The number of carbonyl (C=O) groups excluding carboxylic acids is 1. The van der Waals surface area contributed by atoms with E-state index in [9.17, 15) is 4.79 Å². The number of anilines is 3. The number of hydrogen-bond acceptors (Lipinski definition) is 6. The second kappa shape index (κ2) is 25.7. The topological polar surface area (TPSA) is 107 Å². The van der Waals surface area contributed by atoms with Gasteiger partial charge in [0.05, 0.1) is 28.1 Å². The molecule has 0 aliphatic heterocycles. The number of nitrogens with zero attached hydrogens (tertiary/aromatic N) is 2. The summed E-state index contributed by atoms with van der Waals surface area (Å²) < 4.78 is 2.37. The number of aromatic nitrogens is 2. The summed E-state index contributed by atoms with van der Waals surface area (Å²) in [4.78, 5) is 29.0. The Morgan fingerprint density at radius 2 is 1.00 bits per heavy atom. The first-order valence-electron chi connectivity index (χ1n) is 20.0. The van der Waals surface area contributed by atoms with Gasteiger partial charge in [0.15, 0.2) is 0 Å². The minimum atomic E-state index is -1.33. The molecule has 0 aliphatic carbocycles. The summed E-state index contributed by atoms with van der Waals surface area (Å²) in [6.07, 6.45) is 0.833. The Balaban J connectivity index is 0.000000254. The molecule has 3 N–H and O–H groups in total. The van der Waals surface area contributed by atoms with Crippen LogP contribution in [0.5, 0.6) is 0 Å². The van der Waals surface area contributed by atoms with Crippen molar-refractivity contribution in [1.29, 1.82) is 0 Å². The molecule has 323 valence electrons. The number of carbonyl (C=O) groups is 1. The fourth-order valence-corrected chi connectivity index (χ4v) is 6.78. The van der Waals surface area contributed by atoms with Gasteiger partial charge >= 0.3 is 41.5 Å². The van der Waals surface area contributed by atoms with E-state index in [1.54, 1.807) is 12.1 Å². The molecular weight excluding hydrogens is 867 g/mol. The van der Waals surface area contributed by atoms with Crippen molar-refractivity contribution in [3.05, 3.63) is 183 Å². The molecule has 0 aliphatic rings. The number of rotatable bonds is 9. The third-order valence-corrected chi connectivity index (χ3v) is 9.69. The van der Waals surface area contributed by atoms with Gasteiger partial charge in [-0.15, -0.1) is 0 Å². The normalized spacial score (nSPS) is 10.7. The zero-order valence-corrected chi connectivity index (χ0v) is 39.3. The van der Waals surface area contributed by atoms with E-state index in [4.69, 9.17) is 50.9 Å². The SMILES string of the molecule is CC(C)c1cccc(C(C)C)c1-n1c(-c2ccccc2)nc2ccccc21.CC(C)c1cccc(C(C)C)c1Nc1ccccc1N.O=Cc1ccccc1.O=O.[Cl][Fe]([Cl])[Cl]. The molecule has 0 spiro atoms. The maximum atomic E-state index is 10.0. The maximum absolute atomic E-state index is 10.0. The molecule has 6 aromatic carbocycles. The van der Waals surface area contributed by atoms with E-state index in [1.807, 2.05) is 42.5 Å².